The van der Waals surface area contributed by atoms with Crippen molar-refractivity contribution in [2.45, 2.75) is 19.8 Å². The Kier molecular flexibility index (Phi) is 6.25. The minimum Gasteiger partial charge on any atom is -0.497 e. The van der Waals surface area contributed by atoms with Gasteiger partial charge in [-0.1, -0.05) is 6.07 Å². The molecule has 1 N–H and O–H groups in total. The van der Waals surface area contributed by atoms with E-state index in [2.05, 4.69) is 5.32 Å². The number of carbonyl (C=O) groups is 1. The summed E-state index contributed by atoms with van der Waals surface area (Å²) in [6.07, 6.45) is 1.49. The van der Waals surface area contributed by atoms with E-state index < -0.39 is 0 Å². The molecular weight excluding hydrogens is 467 g/mol. The average Bonchev–Trinajstić information content (AvgIpc) is 3.35. The number of benzene rings is 2. The molecular formula is C26H25FN4O3S. The number of halogens is 1. The number of nitrogens with zero attached hydrogens (tertiary/aromatic N) is 3. The summed E-state index contributed by atoms with van der Waals surface area (Å²) in [6.45, 7) is 2.75. The SMILES string of the molecule is COc1cccc(-n2c(N3CCC[C@H](C(=O)Nc4ccc(F)c(C)c4)C3)nc3ccsc3c2=O)c1. The van der Waals surface area contributed by atoms with Gasteiger partial charge < -0.3 is 15.0 Å². The van der Waals surface area contributed by atoms with Gasteiger partial charge in [0.15, 0.2) is 0 Å². The zero-order valence-corrected chi connectivity index (χ0v) is 20.3. The molecule has 7 nitrogen and oxygen atoms in total. The van der Waals surface area contributed by atoms with E-state index in [1.165, 1.54) is 17.4 Å². The lowest BCUT2D eigenvalue weighted by molar-refractivity contribution is -0.120. The number of amides is 1. The van der Waals surface area contributed by atoms with Crippen LogP contribution < -0.4 is 20.5 Å². The number of hydrogen-bond donors (Lipinski definition) is 1. The van der Waals surface area contributed by atoms with Crippen molar-refractivity contribution in [3.8, 4) is 11.4 Å². The van der Waals surface area contributed by atoms with Crippen LogP contribution in [0.15, 0.2) is 58.7 Å². The van der Waals surface area contributed by atoms with Gasteiger partial charge in [0, 0.05) is 24.8 Å². The second-order valence-corrected chi connectivity index (χ2v) is 9.54. The maximum Gasteiger partial charge on any atom is 0.277 e. The van der Waals surface area contributed by atoms with Crippen molar-refractivity contribution >= 4 is 39.1 Å². The van der Waals surface area contributed by atoms with Crippen LogP contribution >= 0.6 is 11.3 Å². The molecule has 1 atom stereocenters. The number of hydrogen-bond acceptors (Lipinski definition) is 6. The Morgan fingerprint density at radius 2 is 2.09 bits per heavy atom. The number of fused-ring (bicyclic) bond motifs is 1. The highest BCUT2D eigenvalue weighted by atomic mass is 32.1. The number of thiophene rings is 1. The molecule has 0 saturated carbocycles. The molecule has 2 aromatic carbocycles. The zero-order valence-electron chi connectivity index (χ0n) is 19.5. The van der Waals surface area contributed by atoms with Crippen LogP contribution in [0.1, 0.15) is 18.4 Å². The van der Waals surface area contributed by atoms with Gasteiger partial charge in [-0.3, -0.25) is 9.59 Å². The summed E-state index contributed by atoms with van der Waals surface area (Å²) >= 11 is 1.36. The normalized spacial score (nSPS) is 15.9. The third-order valence-corrected chi connectivity index (χ3v) is 7.17. The highest BCUT2D eigenvalue weighted by molar-refractivity contribution is 7.17. The highest BCUT2D eigenvalue weighted by Crippen LogP contribution is 2.28. The number of methoxy groups -OCH3 is 1. The monoisotopic (exact) mass is 492 g/mol. The third-order valence-electron chi connectivity index (χ3n) is 6.27. The highest BCUT2D eigenvalue weighted by Gasteiger charge is 2.29. The minimum atomic E-state index is -0.308. The second kappa shape index (κ2) is 9.50. The summed E-state index contributed by atoms with van der Waals surface area (Å²) in [6, 6.07) is 13.7. The van der Waals surface area contributed by atoms with Crippen molar-refractivity contribution in [3.05, 3.63) is 75.6 Å². The van der Waals surface area contributed by atoms with E-state index in [1.54, 1.807) is 36.8 Å². The van der Waals surface area contributed by atoms with Gasteiger partial charge in [-0.15, -0.1) is 11.3 Å². The zero-order chi connectivity index (χ0) is 24.5. The quantitative estimate of drug-likeness (QED) is 0.435. The van der Waals surface area contributed by atoms with Crippen LogP contribution in [0, 0.1) is 18.7 Å². The molecule has 4 aromatic rings. The summed E-state index contributed by atoms with van der Waals surface area (Å²) in [5, 5.41) is 4.77. The molecule has 1 aliphatic heterocycles. The Morgan fingerprint density at radius 3 is 2.89 bits per heavy atom. The molecule has 1 aliphatic rings. The fourth-order valence-electron chi connectivity index (χ4n) is 4.43. The summed E-state index contributed by atoms with van der Waals surface area (Å²) < 4.78 is 21.2. The Morgan fingerprint density at radius 1 is 1.23 bits per heavy atom. The van der Waals surface area contributed by atoms with Gasteiger partial charge in [0.05, 0.1) is 24.2 Å². The summed E-state index contributed by atoms with van der Waals surface area (Å²) in [7, 11) is 1.58. The van der Waals surface area contributed by atoms with Crippen molar-refractivity contribution in [3.63, 3.8) is 0 Å². The van der Waals surface area contributed by atoms with Gasteiger partial charge >= 0.3 is 0 Å². The van der Waals surface area contributed by atoms with E-state index in [9.17, 15) is 14.0 Å². The number of nitrogens with one attached hydrogen (secondary N) is 1. The largest absolute Gasteiger partial charge is 0.497 e. The van der Waals surface area contributed by atoms with E-state index in [0.29, 0.717) is 58.4 Å². The molecule has 180 valence electrons. The van der Waals surface area contributed by atoms with Crippen LogP contribution in [-0.4, -0.2) is 35.7 Å². The first-order valence-electron chi connectivity index (χ1n) is 11.4. The van der Waals surface area contributed by atoms with Gasteiger partial charge in [-0.05, 0) is 67.1 Å². The van der Waals surface area contributed by atoms with Crippen LogP contribution in [0.5, 0.6) is 5.75 Å². The first-order valence-corrected chi connectivity index (χ1v) is 12.3. The van der Waals surface area contributed by atoms with E-state index in [4.69, 9.17) is 9.72 Å². The standard InChI is InChI=1S/C26H25FN4O3S/c1-16-13-18(8-9-21(16)27)28-24(32)17-5-4-11-30(15-17)26-29-22-10-12-35-23(22)25(33)31(26)19-6-3-7-20(14-19)34-2/h3,6-10,12-14,17H,4-5,11,15H2,1-2H3,(H,28,32)/t17-/m0/s1. The van der Waals surface area contributed by atoms with Crippen molar-refractivity contribution in [2.75, 3.05) is 30.4 Å². The van der Waals surface area contributed by atoms with Crippen LogP contribution in [-0.2, 0) is 4.79 Å². The van der Waals surface area contributed by atoms with Gasteiger partial charge in [0.2, 0.25) is 11.9 Å². The summed E-state index contributed by atoms with van der Waals surface area (Å²) in [5.74, 6) is 0.397. The smallest absolute Gasteiger partial charge is 0.277 e. The molecule has 5 rings (SSSR count). The Hall–Kier alpha value is -3.72. The number of ether oxygens (including phenoxy) is 1. The Labute approximate surface area is 205 Å². The molecule has 0 spiro atoms. The lowest BCUT2D eigenvalue weighted by Crippen LogP contribution is -2.43. The van der Waals surface area contributed by atoms with Gasteiger partial charge in [-0.2, -0.15) is 0 Å². The predicted octanol–water partition coefficient (Wildman–Crippen LogP) is 4.76. The number of aromatic nitrogens is 2. The number of anilines is 2. The van der Waals surface area contributed by atoms with Crippen LogP contribution in [0.25, 0.3) is 15.9 Å². The molecule has 0 aliphatic carbocycles. The first kappa shape index (κ1) is 23.0. The summed E-state index contributed by atoms with van der Waals surface area (Å²) in [4.78, 5) is 33.4. The molecule has 0 bridgehead atoms. The van der Waals surface area contributed by atoms with E-state index >= 15 is 0 Å². The van der Waals surface area contributed by atoms with Gasteiger partial charge in [0.1, 0.15) is 16.3 Å². The number of aryl methyl sites for hydroxylation is 1. The van der Waals surface area contributed by atoms with Gasteiger partial charge in [-0.25, -0.2) is 13.9 Å². The van der Waals surface area contributed by atoms with Crippen molar-refractivity contribution in [1.82, 2.24) is 9.55 Å². The molecule has 2 aromatic heterocycles. The molecule has 9 heteroatoms. The third kappa shape index (κ3) is 4.51. The molecule has 0 unspecified atom stereocenters. The van der Waals surface area contributed by atoms with E-state index in [-0.39, 0.29) is 23.2 Å². The molecule has 1 fully saturated rings. The fraction of sp³-hybridized carbons (Fsp3) is 0.269. The van der Waals surface area contributed by atoms with Gasteiger partial charge in [0.25, 0.3) is 5.56 Å². The number of rotatable bonds is 5. The molecule has 1 amide bonds. The minimum absolute atomic E-state index is 0.132. The lowest BCUT2D eigenvalue weighted by Gasteiger charge is -2.34. The van der Waals surface area contributed by atoms with E-state index in [0.717, 1.165) is 6.42 Å². The average molecular weight is 493 g/mol. The van der Waals surface area contributed by atoms with Crippen molar-refractivity contribution in [1.29, 1.82) is 0 Å². The lowest BCUT2D eigenvalue weighted by atomic mass is 9.97. The second-order valence-electron chi connectivity index (χ2n) is 8.63. The molecule has 35 heavy (non-hydrogen) atoms. The maximum absolute atomic E-state index is 13.6. The topological polar surface area (TPSA) is 76.5 Å². The molecule has 0 radical (unpaired) electrons. The Balaban J connectivity index is 1.49. The van der Waals surface area contributed by atoms with E-state index in [1.807, 2.05) is 34.5 Å². The van der Waals surface area contributed by atoms with Crippen molar-refractivity contribution < 1.29 is 13.9 Å². The first-order chi connectivity index (χ1) is 16.9. The van der Waals surface area contributed by atoms with Crippen LogP contribution in [0.2, 0.25) is 0 Å². The summed E-state index contributed by atoms with van der Waals surface area (Å²) in [5.41, 5.74) is 2.19. The Bertz CT molecular complexity index is 1460. The molecule has 3 heterocycles. The van der Waals surface area contributed by atoms with Crippen LogP contribution in [0.3, 0.4) is 0 Å². The van der Waals surface area contributed by atoms with Crippen LogP contribution in [0.4, 0.5) is 16.0 Å². The molecule has 1 saturated heterocycles. The maximum atomic E-state index is 13.6. The predicted molar refractivity (Wildman–Crippen MR) is 136 cm³/mol. The number of piperidine rings is 1. The van der Waals surface area contributed by atoms with Crippen molar-refractivity contribution in [2.24, 2.45) is 5.92 Å². The number of carbonyl (C=O) groups excluding carboxylic acids is 1. The fourth-order valence-corrected chi connectivity index (χ4v) is 5.19.